The van der Waals surface area contributed by atoms with Crippen molar-refractivity contribution in [3.63, 3.8) is 0 Å². The van der Waals surface area contributed by atoms with Gasteiger partial charge in [-0.1, -0.05) is 20.8 Å². The minimum Gasteiger partial charge on any atom is -0.387 e. The summed E-state index contributed by atoms with van der Waals surface area (Å²) < 4.78 is 7.60. The Morgan fingerprint density at radius 1 is 1.15 bits per heavy atom. The highest BCUT2D eigenvalue weighted by Gasteiger charge is 2.61. The fraction of sp³-hybridized carbons (Fsp3) is 0.862. The van der Waals surface area contributed by atoms with E-state index in [-0.39, 0.29) is 0 Å². The number of nitriles is 1. The molecule has 1 aromatic heterocycles. The highest BCUT2D eigenvalue weighted by atomic mass is 16.5. The molecule has 1 heterocycles. The molecule has 0 saturated heterocycles. The second-order valence-electron chi connectivity index (χ2n) is 12.9. The van der Waals surface area contributed by atoms with Crippen molar-refractivity contribution in [1.29, 1.82) is 5.26 Å². The molecule has 0 bridgehead atoms. The minimum absolute atomic E-state index is 0.378. The summed E-state index contributed by atoms with van der Waals surface area (Å²) in [7, 11) is 0. The Morgan fingerprint density at radius 3 is 2.71 bits per heavy atom. The molecule has 4 saturated carbocycles. The molecule has 4 aliphatic rings. The summed E-state index contributed by atoms with van der Waals surface area (Å²) in [6.45, 7) is 11.6. The molecule has 0 aromatic carbocycles. The van der Waals surface area contributed by atoms with E-state index in [1.54, 1.807) is 6.20 Å². The molecule has 0 radical (unpaired) electrons. The van der Waals surface area contributed by atoms with Crippen LogP contribution in [0, 0.1) is 57.7 Å². The second kappa shape index (κ2) is 8.93. The highest BCUT2D eigenvalue weighted by Crippen LogP contribution is 2.68. The summed E-state index contributed by atoms with van der Waals surface area (Å²) in [5, 5.41) is 25.1. The van der Waals surface area contributed by atoms with Gasteiger partial charge in [0.05, 0.1) is 18.4 Å². The average Bonchev–Trinajstić information content (AvgIpc) is 3.41. The van der Waals surface area contributed by atoms with Crippen LogP contribution in [0.3, 0.4) is 0 Å². The van der Waals surface area contributed by atoms with Gasteiger partial charge in [0.1, 0.15) is 11.8 Å². The topological polar surface area (TPSA) is 71.1 Å². The number of ether oxygens (including phenoxy) is 1. The van der Waals surface area contributed by atoms with E-state index in [1.165, 1.54) is 38.5 Å². The molecule has 0 aliphatic heterocycles. The first-order chi connectivity index (χ1) is 16.2. The van der Waals surface area contributed by atoms with Gasteiger partial charge in [0.25, 0.3) is 0 Å². The lowest BCUT2D eigenvalue weighted by atomic mass is 9.43. The smallest absolute Gasteiger partial charge is 0.138 e. The Kier molecular flexibility index (Phi) is 6.39. The number of aromatic nitrogens is 2. The normalized spacial score (nSPS) is 44.5. The summed E-state index contributed by atoms with van der Waals surface area (Å²) >= 11 is 0. The Morgan fingerprint density at radius 2 is 1.94 bits per heavy atom. The van der Waals surface area contributed by atoms with Crippen LogP contribution in [0.2, 0.25) is 0 Å². The van der Waals surface area contributed by atoms with Gasteiger partial charge in [-0.15, -0.1) is 0 Å². The van der Waals surface area contributed by atoms with Gasteiger partial charge in [-0.05, 0) is 117 Å². The zero-order chi connectivity index (χ0) is 24.1. The van der Waals surface area contributed by atoms with Crippen molar-refractivity contribution >= 4 is 0 Å². The molecule has 9 atom stereocenters. The zero-order valence-corrected chi connectivity index (χ0v) is 21.8. The van der Waals surface area contributed by atoms with E-state index in [0.29, 0.717) is 47.5 Å². The second-order valence-corrected chi connectivity index (χ2v) is 12.9. The number of rotatable bonds is 6. The van der Waals surface area contributed by atoms with Crippen LogP contribution in [-0.2, 0) is 11.3 Å². The molecular weight excluding hydrogens is 422 g/mol. The van der Waals surface area contributed by atoms with E-state index in [9.17, 15) is 10.4 Å². The highest BCUT2D eigenvalue weighted by molar-refractivity contribution is 5.18. The molecule has 5 nitrogen and oxygen atoms in total. The molecule has 5 heteroatoms. The van der Waals surface area contributed by atoms with E-state index in [2.05, 4.69) is 31.9 Å². The number of aliphatic hydroxyl groups is 1. The maximum atomic E-state index is 11.2. The SMILES string of the molecule is CCOC[C@@]1(O)CC[C@@]2(C)[C@H](CC[C@@H]3[C@@H]2CC[C@]2(C)C([C@@H](C)Cn4nccc4C#N)CC[C@@H]32)C1. The van der Waals surface area contributed by atoms with E-state index in [0.717, 1.165) is 43.6 Å². The third kappa shape index (κ3) is 3.84. The predicted octanol–water partition coefficient (Wildman–Crippen LogP) is 5.82. The first-order valence-corrected chi connectivity index (χ1v) is 14.0. The largest absolute Gasteiger partial charge is 0.387 e. The molecule has 1 unspecified atom stereocenters. The van der Waals surface area contributed by atoms with Crippen LogP contribution in [0.5, 0.6) is 0 Å². The van der Waals surface area contributed by atoms with Gasteiger partial charge in [-0.2, -0.15) is 10.4 Å². The van der Waals surface area contributed by atoms with Crippen molar-refractivity contribution in [1.82, 2.24) is 9.78 Å². The van der Waals surface area contributed by atoms with Crippen LogP contribution in [0.4, 0.5) is 0 Å². The van der Waals surface area contributed by atoms with Crippen LogP contribution < -0.4 is 0 Å². The summed E-state index contributed by atoms with van der Waals surface area (Å²) in [6.07, 6.45) is 12.7. The standard InChI is InChI=1S/C29H45N3O2/c1-5-34-19-29(33)14-13-27(3)21(16-29)6-7-23-25-9-8-24(28(25,4)12-10-26(23)27)20(2)18-32-22(17-30)11-15-31-32/h11,15,20-21,23-26,33H,5-10,12-14,16,18-19H2,1-4H3/t20-,21+,23-,24?,25-,26-,27-,28+,29+/m0/s1. The Labute approximate surface area is 206 Å². The van der Waals surface area contributed by atoms with Crippen LogP contribution in [0.1, 0.15) is 91.2 Å². The quantitative estimate of drug-likeness (QED) is 0.572. The van der Waals surface area contributed by atoms with Gasteiger partial charge in [-0.25, -0.2) is 0 Å². The van der Waals surface area contributed by atoms with Crippen LogP contribution in [-0.4, -0.2) is 33.7 Å². The average molecular weight is 468 g/mol. The maximum Gasteiger partial charge on any atom is 0.138 e. The lowest BCUT2D eigenvalue weighted by molar-refractivity contribution is -0.166. The maximum absolute atomic E-state index is 11.2. The van der Waals surface area contributed by atoms with Crippen molar-refractivity contribution in [2.75, 3.05) is 13.2 Å². The lowest BCUT2D eigenvalue weighted by Gasteiger charge is -2.62. The number of fused-ring (bicyclic) bond motifs is 5. The summed E-state index contributed by atoms with van der Waals surface area (Å²) in [6, 6.07) is 4.13. The van der Waals surface area contributed by atoms with Crippen LogP contribution in [0.25, 0.3) is 0 Å². The Hall–Kier alpha value is -1.38. The summed E-state index contributed by atoms with van der Waals surface area (Å²) in [5.74, 6) is 4.36. The molecule has 1 N–H and O–H groups in total. The van der Waals surface area contributed by atoms with Crippen molar-refractivity contribution < 1.29 is 9.84 Å². The molecule has 1 aromatic rings. The van der Waals surface area contributed by atoms with Gasteiger partial charge in [0.15, 0.2) is 0 Å². The van der Waals surface area contributed by atoms with Gasteiger partial charge in [0, 0.05) is 13.2 Å². The third-order valence-electron chi connectivity index (χ3n) is 11.4. The number of hydrogen-bond donors (Lipinski definition) is 1. The Balaban J connectivity index is 1.30. The lowest BCUT2D eigenvalue weighted by Crippen LogP contribution is -2.56. The summed E-state index contributed by atoms with van der Waals surface area (Å²) in [5.41, 5.74) is 0.860. The van der Waals surface area contributed by atoms with Gasteiger partial charge in [0.2, 0.25) is 0 Å². The van der Waals surface area contributed by atoms with Crippen molar-refractivity contribution in [3.05, 3.63) is 18.0 Å². The Bertz CT molecular complexity index is 923. The molecule has 0 spiro atoms. The molecule has 188 valence electrons. The molecule has 0 amide bonds. The first kappa shape index (κ1) is 24.3. The van der Waals surface area contributed by atoms with Crippen molar-refractivity contribution in [2.45, 2.75) is 97.6 Å². The van der Waals surface area contributed by atoms with Crippen LogP contribution in [0.15, 0.2) is 12.3 Å². The number of hydrogen-bond acceptors (Lipinski definition) is 4. The molecular formula is C29H45N3O2. The van der Waals surface area contributed by atoms with Gasteiger partial charge in [-0.3, -0.25) is 4.68 Å². The van der Waals surface area contributed by atoms with E-state index >= 15 is 0 Å². The summed E-state index contributed by atoms with van der Waals surface area (Å²) in [4.78, 5) is 0. The molecule has 4 fully saturated rings. The van der Waals surface area contributed by atoms with E-state index in [1.807, 2.05) is 17.7 Å². The predicted molar refractivity (Wildman–Crippen MR) is 133 cm³/mol. The fourth-order valence-corrected chi connectivity index (χ4v) is 9.69. The first-order valence-electron chi connectivity index (χ1n) is 14.0. The van der Waals surface area contributed by atoms with E-state index in [4.69, 9.17) is 4.74 Å². The van der Waals surface area contributed by atoms with Gasteiger partial charge >= 0.3 is 0 Å². The van der Waals surface area contributed by atoms with Crippen molar-refractivity contribution in [3.8, 4) is 6.07 Å². The van der Waals surface area contributed by atoms with Gasteiger partial charge < -0.3 is 9.84 Å². The van der Waals surface area contributed by atoms with Crippen LogP contribution >= 0.6 is 0 Å². The molecule has 34 heavy (non-hydrogen) atoms. The third-order valence-corrected chi connectivity index (χ3v) is 11.4. The molecule has 5 rings (SSSR count). The minimum atomic E-state index is -0.612. The monoisotopic (exact) mass is 467 g/mol. The van der Waals surface area contributed by atoms with Crippen molar-refractivity contribution in [2.24, 2.45) is 46.3 Å². The molecule has 4 aliphatic carbocycles. The fourth-order valence-electron chi connectivity index (χ4n) is 9.69. The zero-order valence-electron chi connectivity index (χ0n) is 21.8. The number of nitrogens with zero attached hydrogens (tertiary/aromatic N) is 3. The van der Waals surface area contributed by atoms with E-state index < -0.39 is 5.60 Å².